The first-order valence-corrected chi connectivity index (χ1v) is 6.48. The SMILES string of the molecule is O=C(O)CCCCOc1ccc(Br)cc1Br. The van der Waals surface area contributed by atoms with E-state index in [9.17, 15) is 4.79 Å². The van der Waals surface area contributed by atoms with Crippen molar-refractivity contribution in [3.63, 3.8) is 0 Å². The standard InChI is InChI=1S/C11H12Br2O3/c12-8-4-5-10(9(13)7-8)16-6-2-1-3-11(14)15/h4-5,7H,1-3,6H2,(H,14,15). The van der Waals surface area contributed by atoms with Crippen LogP contribution in [0.15, 0.2) is 27.1 Å². The van der Waals surface area contributed by atoms with E-state index < -0.39 is 5.97 Å². The Bertz CT molecular complexity index is 366. The van der Waals surface area contributed by atoms with Crippen molar-refractivity contribution >= 4 is 37.8 Å². The Kier molecular flexibility index (Phi) is 5.84. The largest absolute Gasteiger partial charge is 0.492 e. The summed E-state index contributed by atoms with van der Waals surface area (Å²) in [5, 5.41) is 8.45. The predicted octanol–water partition coefficient (Wildman–Crippen LogP) is 3.85. The summed E-state index contributed by atoms with van der Waals surface area (Å²) in [6.07, 6.45) is 1.59. The molecule has 0 aliphatic rings. The van der Waals surface area contributed by atoms with Crippen LogP contribution in [0.1, 0.15) is 19.3 Å². The van der Waals surface area contributed by atoms with E-state index >= 15 is 0 Å². The van der Waals surface area contributed by atoms with Crippen LogP contribution in [-0.2, 0) is 4.79 Å². The minimum absolute atomic E-state index is 0.199. The van der Waals surface area contributed by atoms with Crippen molar-refractivity contribution in [2.45, 2.75) is 19.3 Å². The summed E-state index contributed by atoms with van der Waals surface area (Å²) in [6, 6.07) is 5.68. The highest BCUT2D eigenvalue weighted by atomic mass is 79.9. The van der Waals surface area contributed by atoms with Gasteiger partial charge in [-0.3, -0.25) is 4.79 Å². The fourth-order valence-corrected chi connectivity index (χ4v) is 2.31. The van der Waals surface area contributed by atoms with Crippen molar-refractivity contribution in [2.75, 3.05) is 6.61 Å². The molecule has 88 valence electrons. The lowest BCUT2D eigenvalue weighted by atomic mass is 10.2. The molecule has 0 heterocycles. The zero-order chi connectivity index (χ0) is 12.0. The molecule has 1 aromatic rings. The summed E-state index contributed by atoms with van der Waals surface area (Å²) in [4.78, 5) is 10.3. The highest BCUT2D eigenvalue weighted by Gasteiger charge is 2.02. The molecule has 0 aliphatic carbocycles. The molecular formula is C11H12Br2O3. The maximum absolute atomic E-state index is 10.3. The van der Waals surface area contributed by atoms with Crippen molar-refractivity contribution in [1.29, 1.82) is 0 Å². The van der Waals surface area contributed by atoms with Gasteiger partial charge in [-0.1, -0.05) is 15.9 Å². The summed E-state index contributed by atoms with van der Waals surface area (Å²) in [7, 11) is 0. The van der Waals surface area contributed by atoms with E-state index in [1.807, 2.05) is 18.2 Å². The average molecular weight is 352 g/mol. The summed E-state index contributed by atoms with van der Waals surface area (Å²) in [5.74, 6) is 0.0170. The summed E-state index contributed by atoms with van der Waals surface area (Å²) in [6.45, 7) is 0.535. The molecule has 1 N–H and O–H groups in total. The van der Waals surface area contributed by atoms with Crippen molar-refractivity contribution in [1.82, 2.24) is 0 Å². The van der Waals surface area contributed by atoms with Crippen LogP contribution < -0.4 is 4.74 Å². The number of carboxylic acid groups (broad SMARTS) is 1. The van der Waals surface area contributed by atoms with Crippen LogP contribution in [0.5, 0.6) is 5.75 Å². The molecule has 0 atom stereocenters. The lowest BCUT2D eigenvalue weighted by molar-refractivity contribution is -0.137. The molecule has 0 saturated carbocycles. The van der Waals surface area contributed by atoms with Crippen LogP contribution in [0.3, 0.4) is 0 Å². The fourth-order valence-electron chi connectivity index (χ4n) is 1.15. The molecule has 0 saturated heterocycles. The van der Waals surface area contributed by atoms with Gasteiger partial charge in [0, 0.05) is 10.9 Å². The summed E-state index contributed by atoms with van der Waals surface area (Å²) >= 11 is 6.74. The van der Waals surface area contributed by atoms with Crippen LogP contribution >= 0.6 is 31.9 Å². The molecule has 1 aromatic carbocycles. The van der Waals surface area contributed by atoms with Gasteiger partial charge in [-0.2, -0.15) is 0 Å². The molecule has 0 aromatic heterocycles. The molecule has 0 bridgehead atoms. The van der Waals surface area contributed by atoms with Crippen molar-refractivity contribution in [3.05, 3.63) is 27.1 Å². The highest BCUT2D eigenvalue weighted by Crippen LogP contribution is 2.28. The predicted molar refractivity (Wildman–Crippen MR) is 68.8 cm³/mol. The Morgan fingerprint density at radius 2 is 2.06 bits per heavy atom. The molecule has 16 heavy (non-hydrogen) atoms. The number of ether oxygens (including phenoxy) is 1. The number of unbranched alkanes of at least 4 members (excludes halogenated alkanes) is 1. The number of hydrogen-bond acceptors (Lipinski definition) is 2. The molecule has 0 amide bonds. The lowest BCUT2D eigenvalue weighted by Crippen LogP contribution is -2.00. The average Bonchev–Trinajstić information content (AvgIpc) is 2.20. The second kappa shape index (κ2) is 6.91. The molecule has 0 unspecified atom stereocenters. The number of benzene rings is 1. The van der Waals surface area contributed by atoms with Gasteiger partial charge in [-0.25, -0.2) is 0 Å². The second-order valence-electron chi connectivity index (χ2n) is 3.27. The topological polar surface area (TPSA) is 46.5 Å². The number of rotatable bonds is 6. The summed E-state index contributed by atoms with van der Waals surface area (Å²) < 4.78 is 7.39. The zero-order valence-corrected chi connectivity index (χ0v) is 11.8. The molecule has 3 nitrogen and oxygen atoms in total. The Labute approximate surface area is 111 Å². The maximum Gasteiger partial charge on any atom is 0.303 e. The molecular weight excluding hydrogens is 340 g/mol. The molecule has 0 spiro atoms. The van der Waals surface area contributed by atoms with Crippen LogP contribution in [-0.4, -0.2) is 17.7 Å². The van der Waals surface area contributed by atoms with Crippen LogP contribution in [0.2, 0.25) is 0 Å². The van der Waals surface area contributed by atoms with Gasteiger partial charge < -0.3 is 9.84 Å². The monoisotopic (exact) mass is 350 g/mol. The maximum atomic E-state index is 10.3. The van der Waals surface area contributed by atoms with E-state index in [0.717, 1.165) is 21.1 Å². The second-order valence-corrected chi connectivity index (χ2v) is 5.04. The van der Waals surface area contributed by atoms with E-state index in [1.165, 1.54) is 0 Å². The van der Waals surface area contributed by atoms with Gasteiger partial charge in [0.1, 0.15) is 5.75 Å². The Morgan fingerprint density at radius 1 is 1.31 bits per heavy atom. The van der Waals surface area contributed by atoms with Gasteiger partial charge >= 0.3 is 5.97 Å². The molecule has 0 aliphatic heterocycles. The van der Waals surface area contributed by atoms with Gasteiger partial charge in [0.25, 0.3) is 0 Å². The molecule has 0 fully saturated rings. The normalized spacial score (nSPS) is 10.1. The quantitative estimate of drug-likeness (QED) is 0.792. The zero-order valence-electron chi connectivity index (χ0n) is 8.58. The first-order valence-electron chi connectivity index (χ1n) is 4.89. The van der Waals surface area contributed by atoms with Crippen molar-refractivity contribution < 1.29 is 14.6 Å². The number of carbonyl (C=O) groups is 1. The van der Waals surface area contributed by atoms with E-state index in [0.29, 0.717) is 13.0 Å². The number of aliphatic carboxylic acids is 1. The van der Waals surface area contributed by atoms with E-state index in [-0.39, 0.29) is 6.42 Å². The number of halogens is 2. The van der Waals surface area contributed by atoms with Crippen LogP contribution in [0.25, 0.3) is 0 Å². The third-order valence-electron chi connectivity index (χ3n) is 1.94. The Balaban J connectivity index is 2.29. The van der Waals surface area contributed by atoms with Gasteiger partial charge in [0.2, 0.25) is 0 Å². The number of hydrogen-bond donors (Lipinski definition) is 1. The molecule has 0 radical (unpaired) electrons. The molecule has 5 heteroatoms. The van der Waals surface area contributed by atoms with Gasteiger partial charge in [0.15, 0.2) is 0 Å². The minimum atomic E-state index is -0.759. The lowest BCUT2D eigenvalue weighted by Gasteiger charge is -2.07. The molecule has 1 rings (SSSR count). The number of carboxylic acids is 1. The smallest absolute Gasteiger partial charge is 0.303 e. The van der Waals surface area contributed by atoms with Crippen LogP contribution in [0.4, 0.5) is 0 Å². The van der Waals surface area contributed by atoms with Crippen LogP contribution in [0, 0.1) is 0 Å². The van der Waals surface area contributed by atoms with Crippen molar-refractivity contribution in [2.24, 2.45) is 0 Å². The van der Waals surface area contributed by atoms with Crippen molar-refractivity contribution in [3.8, 4) is 5.75 Å². The fraction of sp³-hybridized carbons (Fsp3) is 0.364. The summed E-state index contributed by atoms with van der Waals surface area (Å²) in [5.41, 5.74) is 0. The Morgan fingerprint density at radius 3 is 2.69 bits per heavy atom. The third-order valence-corrected chi connectivity index (χ3v) is 3.05. The van der Waals surface area contributed by atoms with Gasteiger partial charge in [-0.15, -0.1) is 0 Å². The van der Waals surface area contributed by atoms with E-state index in [4.69, 9.17) is 9.84 Å². The van der Waals surface area contributed by atoms with E-state index in [1.54, 1.807) is 0 Å². The third kappa shape index (κ3) is 4.99. The minimum Gasteiger partial charge on any atom is -0.492 e. The van der Waals surface area contributed by atoms with E-state index in [2.05, 4.69) is 31.9 Å². The van der Waals surface area contributed by atoms with Gasteiger partial charge in [0.05, 0.1) is 11.1 Å². The first-order chi connectivity index (χ1) is 7.59. The first kappa shape index (κ1) is 13.5. The Hall–Kier alpha value is -0.550. The highest BCUT2D eigenvalue weighted by molar-refractivity contribution is 9.11. The van der Waals surface area contributed by atoms with Gasteiger partial charge in [-0.05, 0) is 47.0 Å².